The maximum atomic E-state index is 12.1. The van der Waals surface area contributed by atoms with Crippen LogP contribution < -0.4 is 5.32 Å². The smallest absolute Gasteiger partial charge is 0.224 e. The van der Waals surface area contributed by atoms with Gasteiger partial charge < -0.3 is 15.0 Å². The first-order valence-electron chi connectivity index (χ1n) is 9.79. The number of hydrogen-bond donors (Lipinski definition) is 1. The topological polar surface area (TPSA) is 41.6 Å². The quantitative estimate of drug-likeness (QED) is 0.846. The van der Waals surface area contributed by atoms with Crippen molar-refractivity contribution in [2.24, 2.45) is 23.7 Å². The zero-order chi connectivity index (χ0) is 15.8. The Morgan fingerprint density at radius 2 is 1.87 bits per heavy atom. The maximum Gasteiger partial charge on any atom is 0.224 e. The van der Waals surface area contributed by atoms with Gasteiger partial charge in [-0.1, -0.05) is 6.42 Å². The lowest BCUT2D eigenvalue weighted by molar-refractivity contribution is -0.133. The Balaban J connectivity index is 1.24. The molecule has 1 saturated heterocycles. The number of methoxy groups -OCH3 is 1. The van der Waals surface area contributed by atoms with Crippen LogP contribution in [0.1, 0.15) is 51.4 Å². The fourth-order valence-corrected chi connectivity index (χ4v) is 6.21. The van der Waals surface area contributed by atoms with Gasteiger partial charge in [0.05, 0.1) is 13.0 Å². The van der Waals surface area contributed by atoms with E-state index in [-0.39, 0.29) is 5.91 Å². The van der Waals surface area contributed by atoms with Crippen LogP contribution in [0.3, 0.4) is 0 Å². The standard InChI is InChI=1S/C19H32N2O2/c1-23-10-7-19(22)21-8-5-14(6-9-21)20-18-12-13-11-17(18)16-4-2-3-15(13)16/h13-18,20H,2-12H2,1H3/t13-,15+,16+,17+,18-/m1/s1. The molecule has 5 atom stereocenters. The van der Waals surface area contributed by atoms with Crippen molar-refractivity contribution in [2.75, 3.05) is 26.8 Å². The Hall–Kier alpha value is -0.610. The summed E-state index contributed by atoms with van der Waals surface area (Å²) >= 11 is 0. The van der Waals surface area contributed by atoms with Gasteiger partial charge in [0.1, 0.15) is 0 Å². The highest BCUT2D eigenvalue weighted by molar-refractivity contribution is 5.76. The molecule has 1 aliphatic heterocycles. The number of rotatable bonds is 5. The van der Waals surface area contributed by atoms with Crippen molar-refractivity contribution < 1.29 is 9.53 Å². The number of fused-ring (bicyclic) bond motifs is 5. The van der Waals surface area contributed by atoms with Gasteiger partial charge >= 0.3 is 0 Å². The van der Waals surface area contributed by atoms with Gasteiger partial charge in [-0.05, 0) is 62.2 Å². The summed E-state index contributed by atoms with van der Waals surface area (Å²) in [5.74, 6) is 4.38. The normalized spacial score (nSPS) is 39.9. The molecule has 4 heteroatoms. The van der Waals surface area contributed by atoms with Crippen LogP contribution in [0.5, 0.6) is 0 Å². The Kier molecular flexibility index (Phi) is 4.64. The molecule has 1 amide bonds. The van der Waals surface area contributed by atoms with Crippen molar-refractivity contribution in [2.45, 2.75) is 63.5 Å². The van der Waals surface area contributed by atoms with Crippen molar-refractivity contribution in [3.8, 4) is 0 Å². The van der Waals surface area contributed by atoms with E-state index in [1.807, 2.05) is 4.90 Å². The van der Waals surface area contributed by atoms with Gasteiger partial charge in [-0.15, -0.1) is 0 Å². The Morgan fingerprint density at radius 1 is 1.09 bits per heavy atom. The van der Waals surface area contributed by atoms with Crippen LogP contribution in [-0.4, -0.2) is 49.7 Å². The van der Waals surface area contributed by atoms with Gasteiger partial charge in [-0.3, -0.25) is 4.79 Å². The second kappa shape index (κ2) is 6.72. The number of nitrogens with one attached hydrogen (secondary N) is 1. The minimum atomic E-state index is 0.263. The van der Waals surface area contributed by atoms with Crippen molar-refractivity contribution in [1.29, 1.82) is 0 Å². The van der Waals surface area contributed by atoms with Gasteiger partial charge in [-0.25, -0.2) is 0 Å². The van der Waals surface area contributed by atoms with Gasteiger partial charge in [0.25, 0.3) is 0 Å². The number of nitrogens with zero attached hydrogens (tertiary/aromatic N) is 1. The molecule has 4 aliphatic rings. The minimum absolute atomic E-state index is 0.263. The third kappa shape index (κ3) is 3.05. The second-order valence-corrected chi connectivity index (χ2v) is 8.32. The third-order valence-corrected chi connectivity index (χ3v) is 7.25. The average Bonchev–Trinajstić information content (AvgIpc) is 3.26. The Labute approximate surface area is 140 Å². The fourth-order valence-electron chi connectivity index (χ4n) is 6.21. The molecule has 130 valence electrons. The van der Waals surface area contributed by atoms with Crippen LogP contribution in [0.25, 0.3) is 0 Å². The highest BCUT2D eigenvalue weighted by Crippen LogP contribution is 2.58. The third-order valence-electron chi connectivity index (χ3n) is 7.25. The van der Waals surface area contributed by atoms with Crippen LogP contribution in [0.2, 0.25) is 0 Å². The van der Waals surface area contributed by atoms with Gasteiger partial charge in [0.2, 0.25) is 5.91 Å². The molecule has 0 aromatic carbocycles. The molecular weight excluding hydrogens is 288 g/mol. The van der Waals surface area contributed by atoms with E-state index >= 15 is 0 Å². The summed E-state index contributed by atoms with van der Waals surface area (Å²) in [5, 5.41) is 4.00. The van der Waals surface area contributed by atoms with Crippen molar-refractivity contribution >= 4 is 5.91 Å². The summed E-state index contributed by atoms with van der Waals surface area (Å²) in [4.78, 5) is 14.1. The summed E-state index contributed by atoms with van der Waals surface area (Å²) in [6, 6.07) is 1.41. The zero-order valence-corrected chi connectivity index (χ0v) is 14.5. The predicted octanol–water partition coefficient (Wildman–Crippen LogP) is 2.43. The number of hydrogen-bond acceptors (Lipinski definition) is 3. The van der Waals surface area contributed by atoms with Crippen molar-refractivity contribution in [1.82, 2.24) is 10.2 Å². The SMILES string of the molecule is COCCC(=O)N1CCC(N[C@@H]2C[C@H]3C[C@H]2[C@H]2CCC[C@@H]32)CC1. The lowest BCUT2D eigenvalue weighted by Crippen LogP contribution is -2.50. The molecule has 4 fully saturated rings. The van der Waals surface area contributed by atoms with Gasteiger partial charge in [0.15, 0.2) is 0 Å². The molecule has 4 rings (SSSR count). The van der Waals surface area contributed by atoms with Crippen molar-refractivity contribution in [3.63, 3.8) is 0 Å². The lowest BCUT2D eigenvalue weighted by atomic mass is 9.78. The lowest BCUT2D eigenvalue weighted by Gasteiger charge is -2.38. The predicted molar refractivity (Wildman–Crippen MR) is 90.1 cm³/mol. The van der Waals surface area contributed by atoms with Crippen LogP contribution >= 0.6 is 0 Å². The number of ether oxygens (including phenoxy) is 1. The van der Waals surface area contributed by atoms with E-state index in [0.717, 1.165) is 55.6 Å². The number of likely N-dealkylation sites (tertiary alicyclic amines) is 1. The zero-order valence-electron chi connectivity index (χ0n) is 14.5. The molecule has 4 nitrogen and oxygen atoms in total. The molecule has 0 aromatic rings. The first-order valence-corrected chi connectivity index (χ1v) is 9.79. The van der Waals surface area contributed by atoms with E-state index in [9.17, 15) is 4.79 Å². The van der Waals surface area contributed by atoms with E-state index in [1.165, 1.54) is 32.1 Å². The number of carbonyl (C=O) groups excluding carboxylic acids is 1. The van der Waals surface area contributed by atoms with Crippen LogP contribution in [0.4, 0.5) is 0 Å². The highest BCUT2D eigenvalue weighted by Gasteiger charge is 2.53. The molecule has 0 unspecified atom stereocenters. The summed E-state index contributed by atoms with van der Waals surface area (Å²) < 4.78 is 5.02. The van der Waals surface area contributed by atoms with E-state index in [1.54, 1.807) is 7.11 Å². The molecule has 1 heterocycles. The van der Waals surface area contributed by atoms with Crippen LogP contribution in [0, 0.1) is 23.7 Å². The Bertz CT molecular complexity index is 433. The monoisotopic (exact) mass is 320 g/mol. The highest BCUT2D eigenvalue weighted by atomic mass is 16.5. The molecule has 3 saturated carbocycles. The van der Waals surface area contributed by atoms with Gasteiger partial charge in [0, 0.05) is 32.3 Å². The molecular formula is C19H32N2O2. The molecule has 0 spiro atoms. The molecule has 2 bridgehead atoms. The molecule has 0 aromatic heterocycles. The molecule has 3 aliphatic carbocycles. The summed E-state index contributed by atoms with van der Waals surface area (Å²) in [7, 11) is 1.66. The van der Waals surface area contributed by atoms with Crippen LogP contribution in [-0.2, 0) is 9.53 Å². The number of piperidine rings is 1. The fraction of sp³-hybridized carbons (Fsp3) is 0.947. The minimum Gasteiger partial charge on any atom is -0.384 e. The van der Waals surface area contributed by atoms with Crippen LogP contribution in [0.15, 0.2) is 0 Å². The van der Waals surface area contributed by atoms with E-state index in [4.69, 9.17) is 4.74 Å². The Morgan fingerprint density at radius 3 is 2.65 bits per heavy atom. The van der Waals surface area contributed by atoms with Crippen molar-refractivity contribution in [3.05, 3.63) is 0 Å². The van der Waals surface area contributed by atoms with E-state index in [0.29, 0.717) is 19.1 Å². The van der Waals surface area contributed by atoms with E-state index in [2.05, 4.69) is 5.32 Å². The second-order valence-electron chi connectivity index (χ2n) is 8.32. The molecule has 23 heavy (non-hydrogen) atoms. The number of amides is 1. The summed E-state index contributed by atoms with van der Waals surface area (Å²) in [6.45, 7) is 2.39. The molecule has 0 radical (unpaired) electrons. The average molecular weight is 320 g/mol. The first kappa shape index (κ1) is 15.9. The number of carbonyl (C=O) groups is 1. The van der Waals surface area contributed by atoms with Gasteiger partial charge in [-0.2, -0.15) is 0 Å². The molecule has 1 N–H and O–H groups in total. The largest absolute Gasteiger partial charge is 0.384 e. The van der Waals surface area contributed by atoms with E-state index < -0.39 is 0 Å². The summed E-state index contributed by atoms with van der Waals surface area (Å²) in [5.41, 5.74) is 0. The maximum absolute atomic E-state index is 12.1. The summed E-state index contributed by atoms with van der Waals surface area (Å²) in [6.07, 6.45) is 10.2. The first-order chi connectivity index (χ1) is 11.3.